The summed E-state index contributed by atoms with van der Waals surface area (Å²) in [4.78, 5) is 11.5. The average molecular weight is 299 g/mol. The van der Waals surface area contributed by atoms with Crippen LogP contribution in [0.15, 0.2) is 45.5 Å². The van der Waals surface area contributed by atoms with Gasteiger partial charge in [-0.1, -0.05) is 0 Å². The molecule has 1 aromatic carbocycles. The van der Waals surface area contributed by atoms with Gasteiger partial charge in [-0.25, -0.2) is 4.39 Å². The molecular weight excluding hydrogens is 291 g/mol. The Morgan fingerprint density at radius 1 is 1.41 bits per heavy atom. The molecular formula is C12H8BrFO3. The lowest BCUT2D eigenvalue weighted by atomic mass is 10.3. The number of benzene rings is 1. The highest BCUT2D eigenvalue weighted by molar-refractivity contribution is 9.10. The molecule has 0 fully saturated rings. The molecule has 0 aliphatic heterocycles. The molecule has 1 heterocycles. The van der Waals surface area contributed by atoms with E-state index in [1.54, 1.807) is 12.1 Å². The number of Topliss-reactive ketones (excluding diaryl/α,β-unsaturated/α-hetero) is 1. The Kier molecular flexibility index (Phi) is 3.58. The Morgan fingerprint density at radius 3 is 2.94 bits per heavy atom. The van der Waals surface area contributed by atoms with Gasteiger partial charge in [-0.2, -0.15) is 0 Å². The van der Waals surface area contributed by atoms with Gasteiger partial charge in [-0.15, -0.1) is 0 Å². The largest absolute Gasteiger partial charge is 0.484 e. The van der Waals surface area contributed by atoms with Crippen molar-refractivity contribution in [1.82, 2.24) is 0 Å². The smallest absolute Gasteiger partial charge is 0.235 e. The number of carbonyl (C=O) groups is 1. The van der Waals surface area contributed by atoms with Gasteiger partial charge in [0.05, 0.1) is 10.7 Å². The molecule has 0 unspecified atom stereocenters. The molecule has 0 amide bonds. The zero-order chi connectivity index (χ0) is 12.3. The van der Waals surface area contributed by atoms with E-state index in [0.717, 1.165) is 0 Å². The van der Waals surface area contributed by atoms with Gasteiger partial charge in [-0.05, 0) is 40.2 Å². The molecule has 2 rings (SSSR count). The zero-order valence-corrected chi connectivity index (χ0v) is 10.2. The van der Waals surface area contributed by atoms with Crippen molar-refractivity contribution in [3.63, 3.8) is 0 Å². The molecule has 88 valence electrons. The minimum absolute atomic E-state index is 0.199. The predicted molar refractivity (Wildman–Crippen MR) is 62.6 cm³/mol. The molecule has 0 saturated heterocycles. The minimum atomic E-state index is -0.423. The topological polar surface area (TPSA) is 39.4 Å². The average Bonchev–Trinajstić information content (AvgIpc) is 2.83. The number of carbonyl (C=O) groups excluding carboxylic acids is 1. The van der Waals surface area contributed by atoms with E-state index in [9.17, 15) is 9.18 Å². The predicted octanol–water partition coefficient (Wildman–Crippen LogP) is 3.44. The van der Waals surface area contributed by atoms with E-state index >= 15 is 0 Å². The van der Waals surface area contributed by atoms with Crippen molar-refractivity contribution in [2.45, 2.75) is 0 Å². The van der Waals surface area contributed by atoms with Crippen molar-refractivity contribution < 1.29 is 18.3 Å². The first-order valence-electron chi connectivity index (χ1n) is 4.81. The van der Waals surface area contributed by atoms with Crippen LogP contribution in [0.1, 0.15) is 10.6 Å². The van der Waals surface area contributed by atoms with E-state index in [2.05, 4.69) is 15.9 Å². The van der Waals surface area contributed by atoms with E-state index < -0.39 is 5.82 Å². The maximum atomic E-state index is 12.9. The SMILES string of the molecule is O=C(COc1cc(F)ccc1Br)c1ccco1. The first-order valence-corrected chi connectivity index (χ1v) is 5.60. The van der Waals surface area contributed by atoms with E-state index in [-0.39, 0.29) is 23.9 Å². The Bertz CT molecular complexity index is 523. The maximum Gasteiger partial charge on any atom is 0.235 e. The molecule has 0 aliphatic carbocycles. The third-order valence-corrected chi connectivity index (χ3v) is 2.70. The van der Waals surface area contributed by atoms with Crippen LogP contribution in [-0.2, 0) is 0 Å². The highest BCUT2D eigenvalue weighted by Crippen LogP contribution is 2.25. The third-order valence-electron chi connectivity index (χ3n) is 2.05. The first-order chi connectivity index (χ1) is 8.16. The molecule has 5 heteroatoms. The molecule has 3 nitrogen and oxygen atoms in total. The second kappa shape index (κ2) is 5.14. The van der Waals surface area contributed by atoms with Crippen molar-refractivity contribution in [1.29, 1.82) is 0 Å². The van der Waals surface area contributed by atoms with Crippen molar-refractivity contribution in [3.8, 4) is 5.75 Å². The van der Waals surface area contributed by atoms with Gasteiger partial charge in [0.15, 0.2) is 12.4 Å². The summed E-state index contributed by atoms with van der Waals surface area (Å²) >= 11 is 3.20. The highest BCUT2D eigenvalue weighted by atomic mass is 79.9. The summed E-state index contributed by atoms with van der Waals surface area (Å²) in [5, 5.41) is 0. The molecule has 0 radical (unpaired) electrons. The fraction of sp³-hybridized carbons (Fsp3) is 0.0833. The third kappa shape index (κ3) is 2.94. The van der Waals surface area contributed by atoms with Gasteiger partial charge < -0.3 is 9.15 Å². The Hall–Kier alpha value is -1.62. The van der Waals surface area contributed by atoms with Gasteiger partial charge >= 0.3 is 0 Å². The number of hydrogen-bond donors (Lipinski definition) is 0. The summed E-state index contributed by atoms with van der Waals surface area (Å²) in [6, 6.07) is 7.18. The number of ether oxygens (including phenoxy) is 1. The standard InChI is InChI=1S/C12H8BrFO3/c13-9-4-3-8(14)6-12(9)17-7-10(15)11-2-1-5-16-11/h1-6H,7H2. The van der Waals surface area contributed by atoms with Gasteiger partial charge in [0.1, 0.15) is 11.6 Å². The fourth-order valence-electron chi connectivity index (χ4n) is 1.24. The van der Waals surface area contributed by atoms with Crippen LogP contribution in [0.4, 0.5) is 4.39 Å². The van der Waals surface area contributed by atoms with Crippen LogP contribution < -0.4 is 4.74 Å². The van der Waals surface area contributed by atoms with Gasteiger partial charge in [0, 0.05) is 6.07 Å². The number of halogens is 2. The Balaban J connectivity index is 2.03. The monoisotopic (exact) mass is 298 g/mol. The molecule has 2 aromatic rings. The number of rotatable bonds is 4. The highest BCUT2D eigenvalue weighted by Gasteiger charge is 2.11. The number of furan rings is 1. The van der Waals surface area contributed by atoms with Crippen LogP contribution >= 0.6 is 15.9 Å². The van der Waals surface area contributed by atoms with Crippen LogP contribution in [0.3, 0.4) is 0 Å². The van der Waals surface area contributed by atoms with Crippen LogP contribution in [0, 0.1) is 5.82 Å². The van der Waals surface area contributed by atoms with Crippen LogP contribution in [0.5, 0.6) is 5.75 Å². The van der Waals surface area contributed by atoms with Gasteiger partial charge in [-0.3, -0.25) is 4.79 Å². The van der Waals surface area contributed by atoms with Crippen molar-refractivity contribution in [2.24, 2.45) is 0 Å². The molecule has 0 aliphatic rings. The van der Waals surface area contributed by atoms with Crippen molar-refractivity contribution >= 4 is 21.7 Å². The Labute approximate surface area is 105 Å². The van der Waals surface area contributed by atoms with Crippen molar-refractivity contribution in [3.05, 3.63) is 52.6 Å². The fourth-order valence-corrected chi connectivity index (χ4v) is 1.60. The molecule has 17 heavy (non-hydrogen) atoms. The normalized spacial score (nSPS) is 10.2. The summed E-state index contributed by atoms with van der Waals surface area (Å²) in [6.07, 6.45) is 1.41. The summed E-state index contributed by atoms with van der Waals surface area (Å²) in [6.45, 7) is -0.199. The van der Waals surface area contributed by atoms with E-state index in [4.69, 9.17) is 9.15 Å². The molecule has 1 aromatic heterocycles. The van der Waals surface area contributed by atoms with Crippen LogP contribution in [0.2, 0.25) is 0 Å². The lowest BCUT2D eigenvalue weighted by molar-refractivity contribution is 0.0893. The number of ketones is 1. The summed E-state index contributed by atoms with van der Waals surface area (Å²) < 4.78 is 23.7. The summed E-state index contributed by atoms with van der Waals surface area (Å²) in [5.74, 6) is -0.220. The van der Waals surface area contributed by atoms with Gasteiger partial charge in [0.2, 0.25) is 5.78 Å². The lowest BCUT2D eigenvalue weighted by Crippen LogP contribution is -2.11. The number of hydrogen-bond acceptors (Lipinski definition) is 3. The molecule has 0 spiro atoms. The second-order valence-electron chi connectivity index (χ2n) is 3.26. The minimum Gasteiger partial charge on any atom is -0.484 e. The molecule has 0 N–H and O–H groups in total. The first kappa shape index (κ1) is 11.9. The van der Waals surface area contributed by atoms with E-state index in [1.807, 2.05) is 0 Å². The summed E-state index contributed by atoms with van der Waals surface area (Å²) in [7, 11) is 0. The van der Waals surface area contributed by atoms with E-state index in [0.29, 0.717) is 4.47 Å². The lowest BCUT2D eigenvalue weighted by Gasteiger charge is -2.06. The molecule has 0 bridgehead atoms. The zero-order valence-electron chi connectivity index (χ0n) is 8.65. The van der Waals surface area contributed by atoms with E-state index in [1.165, 1.54) is 24.5 Å². The van der Waals surface area contributed by atoms with Gasteiger partial charge in [0.25, 0.3) is 0 Å². The molecule has 0 saturated carbocycles. The maximum absolute atomic E-state index is 12.9. The van der Waals surface area contributed by atoms with Crippen LogP contribution in [0.25, 0.3) is 0 Å². The second-order valence-corrected chi connectivity index (χ2v) is 4.12. The Morgan fingerprint density at radius 2 is 2.24 bits per heavy atom. The van der Waals surface area contributed by atoms with Crippen LogP contribution in [-0.4, -0.2) is 12.4 Å². The summed E-state index contributed by atoms with van der Waals surface area (Å²) in [5.41, 5.74) is 0. The molecule has 0 atom stereocenters. The van der Waals surface area contributed by atoms with Crippen molar-refractivity contribution in [2.75, 3.05) is 6.61 Å². The quantitative estimate of drug-likeness (QED) is 0.812.